The molecule has 0 atom stereocenters. The van der Waals surface area contributed by atoms with Crippen LogP contribution < -0.4 is 0 Å². The molecule has 0 amide bonds. The van der Waals surface area contributed by atoms with Crippen LogP contribution in [0, 0.1) is 0 Å². The second-order valence-corrected chi connectivity index (χ2v) is 7.22. The Kier molecular flexibility index (Phi) is 4.94. The fraction of sp³-hybridized carbons (Fsp3) is 0. The third-order valence-corrected chi connectivity index (χ3v) is 5.11. The summed E-state index contributed by atoms with van der Waals surface area (Å²) in [6.45, 7) is 0. The van der Waals surface area contributed by atoms with Gasteiger partial charge in [0.05, 0.1) is 28.2 Å². The van der Waals surface area contributed by atoms with Crippen LogP contribution in [0.4, 0.5) is 0 Å². The van der Waals surface area contributed by atoms with E-state index in [1.807, 2.05) is 46.3 Å². The van der Waals surface area contributed by atoms with Crippen LogP contribution in [0.15, 0.2) is 65.3 Å². The monoisotopic (exact) mass is 415 g/mol. The van der Waals surface area contributed by atoms with E-state index >= 15 is 0 Å². The Morgan fingerprint density at radius 3 is 2.78 bits per heavy atom. The first-order valence-corrected chi connectivity index (χ1v) is 9.48. The van der Waals surface area contributed by atoms with E-state index in [0.29, 0.717) is 10.7 Å². The number of fused-ring (bicyclic) bond motifs is 1. The average molecular weight is 416 g/mol. The molecule has 0 radical (unpaired) electrons. The number of halogens is 2. The minimum absolute atomic E-state index is 0.190. The molecule has 0 saturated carbocycles. The van der Waals surface area contributed by atoms with Crippen molar-refractivity contribution in [2.45, 2.75) is 0 Å². The smallest absolute Gasteiger partial charge is 0.313 e. The lowest BCUT2D eigenvalue weighted by molar-refractivity contribution is 0.0519. The molecule has 0 aliphatic heterocycles. The van der Waals surface area contributed by atoms with Gasteiger partial charge in [0.2, 0.25) is 0 Å². The summed E-state index contributed by atoms with van der Waals surface area (Å²) in [4.78, 5) is 22.7. The minimum Gasteiger partial charge on any atom is -0.313 e. The first-order valence-electron chi connectivity index (χ1n) is 7.84. The Hall–Kier alpha value is -2.67. The number of oxime groups is 1. The topological polar surface area (TPSA) is 56.0 Å². The molecule has 8 heteroatoms. The molecular formula is C19H11Cl2N3O2S. The summed E-state index contributed by atoms with van der Waals surface area (Å²) < 4.78 is 1.89. The summed E-state index contributed by atoms with van der Waals surface area (Å²) in [6.07, 6.45) is 3.36. The number of thiazole rings is 1. The number of aromatic nitrogens is 2. The van der Waals surface area contributed by atoms with Crippen LogP contribution in [-0.4, -0.2) is 21.6 Å². The van der Waals surface area contributed by atoms with Gasteiger partial charge in [-0.3, -0.25) is 4.40 Å². The standard InChI is InChI=1S/C19H11Cl2N3O2S/c20-13-6-7-14(15(21)10-13)18(25)26-22-11-16-17(12-4-2-1-3-5-12)23-19-24(16)8-9-27-19/h1-11H/b22-11-. The number of nitrogens with zero attached hydrogens (tertiary/aromatic N) is 3. The van der Waals surface area contributed by atoms with Gasteiger partial charge in [-0.05, 0) is 18.2 Å². The number of carbonyl (C=O) groups is 1. The summed E-state index contributed by atoms with van der Waals surface area (Å²) >= 11 is 13.4. The maximum absolute atomic E-state index is 12.2. The van der Waals surface area contributed by atoms with Crippen molar-refractivity contribution in [3.63, 3.8) is 0 Å². The van der Waals surface area contributed by atoms with E-state index in [2.05, 4.69) is 10.1 Å². The molecule has 0 fully saturated rings. The maximum atomic E-state index is 12.2. The summed E-state index contributed by atoms with van der Waals surface area (Å²) in [5, 5.41) is 6.41. The van der Waals surface area contributed by atoms with Gasteiger partial charge in [-0.2, -0.15) is 0 Å². The molecule has 27 heavy (non-hydrogen) atoms. The third-order valence-electron chi connectivity index (χ3n) is 3.81. The molecule has 4 rings (SSSR count). The maximum Gasteiger partial charge on any atom is 0.367 e. The lowest BCUT2D eigenvalue weighted by atomic mass is 10.1. The van der Waals surface area contributed by atoms with Gasteiger partial charge < -0.3 is 4.84 Å². The zero-order valence-electron chi connectivity index (χ0n) is 13.7. The van der Waals surface area contributed by atoms with E-state index in [4.69, 9.17) is 28.0 Å². The van der Waals surface area contributed by atoms with Crippen molar-refractivity contribution in [2.24, 2.45) is 5.16 Å². The summed E-state index contributed by atoms with van der Waals surface area (Å²) in [6, 6.07) is 14.3. The Labute approximate surface area is 168 Å². The lowest BCUT2D eigenvalue weighted by Crippen LogP contribution is -2.02. The molecule has 2 aromatic carbocycles. The summed E-state index contributed by atoms with van der Waals surface area (Å²) in [5.41, 5.74) is 2.61. The van der Waals surface area contributed by atoms with E-state index in [9.17, 15) is 4.79 Å². The number of hydrogen-bond donors (Lipinski definition) is 0. The normalized spacial score (nSPS) is 11.3. The quantitative estimate of drug-likeness (QED) is 0.249. The van der Waals surface area contributed by atoms with E-state index in [1.165, 1.54) is 29.7 Å². The van der Waals surface area contributed by atoms with Crippen LogP contribution in [0.25, 0.3) is 16.2 Å². The summed E-state index contributed by atoms with van der Waals surface area (Å²) in [7, 11) is 0. The zero-order chi connectivity index (χ0) is 18.8. The predicted molar refractivity (Wildman–Crippen MR) is 108 cm³/mol. The van der Waals surface area contributed by atoms with Crippen molar-refractivity contribution in [2.75, 3.05) is 0 Å². The molecule has 2 heterocycles. The van der Waals surface area contributed by atoms with Crippen LogP contribution in [0.5, 0.6) is 0 Å². The van der Waals surface area contributed by atoms with Crippen molar-refractivity contribution in [3.8, 4) is 11.3 Å². The third kappa shape index (κ3) is 3.60. The van der Waals surface area contributed by atoms with Gasteiger partial charge in [-0.1, -0.05) is 58.7 Å². The second kappa shape index (κ2) is 7.52. The van der Waals surface area contributed by atoms with Gasteiger partial charge in [0.1, 0.15) is 0 Å². The SMILES string of the molecule is O=C(O/N=C\c1c(-c2ccccc2)nc2sccn12)c1ccc(Cl)cc1Cl. The molecule has 0 aliphatic rings. The number of imidazole rings is 1. The molecule has 4 aromatic rings. The molecule has 2 aromatic heterocycles. The first-order chi connectivity index (χ1) is 13.1. The van der Waals surface area contributed by atoms with Gasteiger partial charge in [-0.15, -0.1) is 11.3 Å². The lowest BCUT2D eigenvalue weighted by Gasteiger charge is -2.02. The van der Waals surface area contributed by atoms with Crippen LogP contribution in [0.3, 0.4) is 0 Å². The molecule has 0 spiro atoms. The number of benzene rings is 2. The molecule has 0 saturated heterocycles. The fourth-order valence-corrected chi connectivity index (χ4v) is 3.77. The number of hydrogen-bond acceptors (Lipinski definition) is 5. The Bertz CT molecular complexity index is 1150. The van der Waals surface area contributed by atoms with E-state index < -0.39 is 5.97 Å². The number of rotatable bonds is 4. The van der Waals surface area contributed by atoms with Crippen LogP contribution >= 0.6 is 34.5 Å². The van der Waals surface area contributed by atoms with E-state index in [-0.39, 0.29) is 10.6 Å². The van der Waals surface area contributed by atoms with Gasteiger partial charge in [0.15, 0.2) is 4.96 Å². The average Bonchev–Trinajstić information content (AvgIpc) is 3.24. The Balaban J connectivity index is 1.63. The van der Waals surface area contributed by atoms with E-state index in [0.717, 1.165) is 16.2 Å². The zero-order valence-corrected chi connectivity index (χ0v) is 16.0. The molecule has 0 bridgehead atoms. The highest BCUT2D eigenvalue weighted by Gasteiger charge is 2.15. The van der Waals surface area contributed by atoms with Crippen LogP contribution in [-0.2, 0) is 4.84 Å². The first kappa shape index (κ1) is 17.7. The highest BCUT2D eigenvalue weighted by molar-refractivity contribution is 7.15. The molecule has 0 aliphatic carbocycles. The number of carbonyl (C=O) groups excluding carboxylic acids is 1. The summed E-state index contributed by atoms with van der Waals surface area (Å²) in [5.74, 6) is -0.666. The molecule has 5 nitrogen and oxygen atoms in total. The van der Waals surface area contributed by atoms with Crippen molar-refractivity contribution in [1.29, 1.82) is 0 Å². The van der Waals surface area contributed by atoms with Crippen LogP contribution in [0.2, 0.25) is 10.0 Å². The molecular weight excluding hydrogens is 405 g/mol. The molecule has 134 valence electrons. The minimum atomic E-state index is -0.666. The van der Waals surface area contributed by atoms with Crippen molar-refractivity contribution < 1.29 is 9.63 Å². The predicted octanol–water partition coefficient (Wildman–Crippen LogP) is 5.56. The fourth-order valence-electron chi connectivity index (χ4n) is 2.56. The van der Waals surface area contributed by atoms with Gasteiger partial charge >= 0.3 is 5.97 Å². The largest absolute Gasteiger partial charge is 0.367 e. The Morgan fingerprint density at radius 2 is 2.00 bits per heavy atom. The van der Waals surface area contributed by atoms with Crippen molar-refractivity contribution >= 4 is 51.7 Å². The highest BCUT2D eigenvalue weighted by Crippen LogP contribution is 2.26. The van der Waals surface area contributed by atoms with E-state index in [1.54, 1.807) is 6.07 Å². The van der Waals surface area contributed by atoms with Crippen molar-refractivity contribution in [1.82, 2.24) is 9.38 Å². The highest BCUT2D eigenvalue weighted by atomic mass is 35.5. The molecule has 0 N–H and O–H groups in total. The Morgan fingerprint density at radius 1 is 1.19 bits per heavy atom. The van der Waals surface area contributed by atoms with Gasteiger partial charge in [0.25, 0.3) is 0 Å². The van der Waals surface area contributed by atoms with Crippen LogP contribution in [0.1, 0.15) is 16.1 Å². The van der Waals surface area contributed by atoms with Gasteiger partial charge in [-0.25, -0.2) is 9.78 Å². The van der Waals surface area contributed by atoms with Gasteiger partial charge in [0, 0.05) is 22.2 Å². The van der Waals surface area contributed by atoms with Crippen molar-refractivity contribution in [3.05, 3.63) is 81.4 Å². The second-order valence-electron chi connectivity index (χ2n) is 5.50. The molecule has 0 unspecified atom stereocenters.